The maximum absolute atomic E-state index is 5.83. The molecule has 0 aliphatic carbocycles. The number of hydrogen-bond donors (Lipinski definition) is 0. The molecule has 3 aromatic rings. The summed E-state index contributed by atoms with van der Waals surface area (Å²) < 4.78 is 11.4. The van der Waals surface area contributed by atoms with E-state index in [1.807, 2.05) is 6.20 Å². The van der Waals surface area contributed by atoms with Crippen LogP contribution in [0, 0.1) is 0 Å². The molecule has 1 saturated heterocycles. The van der Waals surface area contributed by atoms with Crippen molar-refractivity contribution in [3.8, 4) is 0 Å². The molecule has 0 bridgehead atoms. The molecule has 134 valence electrons. The Morgan fingerprint density at radius 1 is 0.962 bits per heavy atom. The Morgan fingerprint density at radius 2 is 1.81 bits per heavy atom. The van der Waals surface area contributed by atoms with E-state index in [0.29, 0.717) is 0 Å². The van der Waals surface area contributed by atoms with Gasteiger partial charge < -0.3 is 9.47 Å². The van der Waals surface area contributed by atoms with Crippen LogP contribution in [0.25, 0.3) is 10.8 Å². The average Bonchev–Trinajstić information content (AvgIpc) is 2.70. The summed E-state index contributed by atoms with van der Waals surface area (Å²) in [6, 6.07) is 19.3. The fourth-order valence-corrected chi connectivity index (χ4v) is 3.49. The van der Waals surface area contributed by atoms with Crippen molar-refractivity contribution in [2.45, 2.75) is 38.4 Å². The highest BCUT2D eigenvalue weighted by Crippen LogP contribution is 2.20. The molecule has 1 aliphatic heterocycles. The highest BCUT2D eigenvalue weighted by molar-refractivity contribution is 5.84. The number of nitrogens with zero attached hydrogens (tertiary/aromatic N) is 1. The number of aromatic nitrogens is 1. The van der Waals surface area contributed by atoms with Crippen LogP contribution >= 0.6 is 0 Å². The van der Waals surface area contributed by atoms with Gasteiger partial charge in [-0.05, 0) is 48.3 Å². The second kappa shape index (κ2) is 8.43. The summed E-state index contributed by atoms with van der Waals surface area (Å²) in [6.45, 7) is 1.55. The Bertz CT molecular complexity index is 833. The van der Waals surface area contributed by atoms with Gasteiger partial charge in [0.2, 0.25) is 0 Å². The van der Waals surface area contributed by atoms with E-state index >= 15 is 0 Å². The molecular formula is C23H25NO2. The van der Waals surface area contributed by atoms with Gasteiger partial charge in [0, 0.05) is 24.6 Å². The maximum Gasteiger partial charge on any atom is 0.157 e. The van der Waals surface area contributed by atoms with Crippen LogP contribution in [-0.4, -0.2) is 24.5 Å². The fraction of sp³-hybridized carbons (Fsp3) is 0.348. The predicted molar refractivity (Wildman–Crippen MR) is 104 cm³/mol. The minimum absolute atomic E-state index is 0.000425. The van der Waals surface area contributed by atoms with E-state index in [-0.39, 0.29) is 6.29 Å². The molecule has 1 atom stereocenters. The predicted octanol–water partition coefficient (Wildman–Crippen LogP) is 4.91. The van der Waals surface area contributed by atoms with Gasteiger partial charge in [-0.2, -0.15) is 0 Å². The van der Waals surface area contributed by atoms with E-state index in [2.05, 4.69) is 59.6 Å². The van der Waals surface area contributed by atoms with Crippen LogP contribution in [-0.2, 0) is 22.3 Å². The van der Waals surface area contributed by atoms with E-state index in [1.54, 1.807) is 0 Å². The van der Waals surface area contributed by atoms with Crippen molar-refractivity contribution >= 4 is 10.8 Å². The first kappa shape index (κ1) is 17.2. The molecule has 2 aromatic carbocycles. The summed E-state index contributed by atoms with van der Waals surface area (Å²) in [7, 11) is 0. The second-order valence-electron chi connectivity index (χ2n) is 6.89. The average molecular weight is 347 g/mol. The highest BCUT2D eigenvalue weighted by Gasteiger charge is 2.13. The molecule has 0 amide bonds. The number of rotatable bonds is 6. The molecule has 3 heteroatoms. The monoisotopic (exact) mass is 347 g/mol. The Morgan fingerprint density at radius 3 is 2.65 bits per heavy atom. The summed E-state index contributed by atoms with van der Waals surface area (Å²) >= 11 is 0. The zero-order valence-electron chi connectivity index (χ0n) is 15.1. The van der Waals surface area contributed by atoms with Gasteiger partial charge in [-0.25, -0.2) is 0 Å². The first-order valence-corrected chi connectivity index (χ1v) is 9.52. The third kappa shape index (κ3) is 4.29. The number of pyridine rings is 1. The minimum atomic E-state index is 0.000425. The zero-order chi connectivity index (χ0) is 17.6. The van der Waals surface area contributed by atoms with Gasteiger partial charge in [0.1, 0.15) is 0 Å². The summed E-state index contributed by atoms with van der Waals surface area (Å²) in [4.78, 5) is 4.59. The Balaban J connectivity index is 1.35. The van der Waals surface area contributed by atoms with Gasteiger partial charge in [-0.1, -0.05) is 48.5 Å². The molecule has 4 rings (SSSR count). The Kier molecular flexibility index (Phi) is 5.58. The van der Waals surface area contributed by atoms with Crippen LogP contribution in [0.3, 0.4) is 0 Å². The van der Waals surface area contributed by atoms with Crippen LogP contribution in [0.4, 0.5) is 0 Å². The molecule has 2 heterocycles. The Labute approximate surface area is 155 Å². The first-order chi connectivity index (χ1) is 12.9. The smallest absolute Gasteiger partial charge is 0.157 e. The molecule has 1 aliphatic rings. The Hall–Kier alpha value is -2.23. The van der Waals surface area contributed by atoms with Gasteiger partial charge >= 0.3 is 0 Å². The van der Waals surface area contributed by atoms with Crippen molar-refractivity contribution in [3.63, 3.8) is 0 Å². The molecule has 0 spiro atoms. The van der Waals surface area contributed by atoms with Crippen molar-refractivity contribution in [1.29, 1.82) is 0 Å². The van der Waals surface area contributed by atoms with E-state index in [9.17, 15) is 0 Å². The SMILES string of the molecule is c1ccc2c(Cc3ccc(CCOC4CCCCO4)cc3)nccc2c1. The minimum Gasteiger partial charge on any atom is -0.353 e. The summed E-state index contributed by atoms with van der Waals surface area (Å²) in [6.07, 6.45) is 7.07. The second-order valence-corrected chi connectivity index (χ2v) is 6.89. The molecule has 1 fully saturated rings. The van der Waals surface area contributed by atoms with Gasteiger partial charge in [0.15, 0.2) is 6.29 Å². The van der Waals surface area contributed by atoms with Crippen molar-refractivity contribution in [3.05, 3.63) is 77.6 Å². The van der Waals surface area contributed by atoms with Crippen molar-refractivity contribution in [1.82, 2.24) is 4.98 Å². The summed E-state index contributed by atoms with van der Waals surface area (Å²) in [5.41, 5.74) is 3.72. The molecule has 0 saturated carbocycles. The van der Waals surface area contributed by atoms with Gasteiger partial charge in [0.25, 0.3) is 0 Å². The topological polar surface area (TPSA) is 31.4 Å². The van der Waals surface area contributed by atoms with Crippen LogP contribution in [0.1, 0.15) is 36.1 Å². The number of fused-ring (bicyclic) bond motifs is 1. The van der Waals surface area contributed by atoms with Crippen molar-refractivity contribution < 1.29 is 9.47 Å². The van der Waals surface area contributed by atoms with E-state index < -0.39 is 0 Å². The van der Waals surface area contributed by atoms with Crippen LogP contribution < -0.4 is 0 Å². The third-order valence-electron chi connectivity index (χ3n) is 4.98. The van der Waals surface area contributed by atoms with E-state index in [0.717, 1.165) is 44.6 Å². The fourth-order valence-electron chi connectivity index (χ4n) is 3.49. The van der Waals surface area contributed by atoms with Crippen LogP contribution in [0.15, 0.2) is 60.8 Å². The molecular weight excluding hydrogens is 322 g/mol. The molecule has 0 radical (unpaired) electrons. The standard InChI is InChI=1S/C23H25NO2/c1-2-6-21-20(5-1)12-14-24-22(21)17-19-10-8-18(9-11-19)13-16-26-23-7-3-4-15-25-23/h1-2,5-6,8-12,14,23H,3-4,7,13,15-17H2. The normalized spacial score (nSPS) is 17.5. The maximum atomic E-state index is 5.83. The third-order valence-corrected chi connectivity index (χ3v) is 4.98. The van der Waals surface area contributed by atoms with Crippen molar-refractivity contribution in [2.24, 2.45) is 0 Å². The van der Waals surface area contributed by atoms with Gasteiger partial charge in [0.05, 0.1) is 12.3 Å². The number of hydrogen-bond acceptors (Lipinski definition) is 3. The summed E-state index contributed by atoms with van der Waals surface area (Å²) in [5.74, 6) is 0. The van der Waals surface area contributed by atoms with E-state index in [4.69, 9.17) is 9.47 Å². The molecule has 1 aromatic heterocycles. The lowest BCUT2D eigenvalue weighted by Gasteiger charge is -2.22. The van der Waals surface area contributed by atoms with Crippen LogP contribution in [0.2, 0.25) is 0 Å². The largest absolute Gasteiger partial charge is 0.353 e. The molecule has 1 unspecified atom stereocenters. The number of ether oxygens (including phenoxy) is 2. The van der Waals surface area contributed by atoms with E-state index in [1.165, 1.54) is 28.3 Å². The lowest BCUT2D eigenvalue weighted by Crippen LogP contribution is -2.23. The lowest BCUT2D eigenvalue weighted by molar-refractivity contribution is -0.161. The zero-order valence-corrected chi connectivity index (χ0v) is 15.1. The van der Waals surface area contributed by atoms with Gasteiger partial charge in [-0.15, -0.1) is 0 Å². The first-order valence-electron chi connectivity index (χ1n) is 9.52. The van der Waals surface area contributed by atoms with Crippen molar-refractivity contribution in [2.75, 3.05) is 13.2 Å². The summed E-state index contributed by atoms with van der Waals surface area (Å²) in [5, 5.41) is 2.48. The molecule has 26 heavy (non-hydrogen) atoms. The lowest BCUT2D eigenvalue weighted by atomic mass is 10.0. The number of benzene rings is 2. The highest BCUT2D eigenvalue weighted by atomic mass is 16.7. The quantitative estimate of drug-likeness (QED) is 0.635. The molecule has 0 N–H and O–H groups in total. The van der Waals surface area contributed by atoms with Gasteiger partial charge in [-0.3, -0.25) is 4.98 Å². The van der Waals surface area contributed by atoms with Crippen LogP contribution in [0.5, 0.6) is 0 Å². The molecule has 3 nitrogen and oxygen atoms in total.